The van der Waals surface area contributed by atoms with Crippen LogP contribution in [0.1, 0.15) is 25.0 Å². The molecule has 1 aromatic heterocycles. The Bertz CT molecular complexity index is 363. The van der Waals surface area contributed by atoms with Crippen molar-refractivity contribution in [3.05, 3.63) is 11.0 Å². The minimum atomic E-state index is 0.248. The van der Waals surface area contributed by atoms with Crippen LogP contribution in [0.2, 0.25) is 5.28 Å². The Hall–Kier alpha value is -1.03. The van der Waals surface area contributed by atoms with Gasteiger partial charge in [-0.1, -0.05) is 6.42 Å². The van der Waals surface area contributed by atoms with Gasteiger partial charge >= 0.3 is 0 Å². The fourth-order valence-corrected chi connectivity index (χ4v) is 1.83. The SMILES string of the molecule is Cc1nc(Cl)nc(NCC2CCC2)c1N. The van der Waals surface area contributed by atoms with E-state index in [2.05, 4.69) is 15.3 Å². The number of nitrogens with one attached hydrogen (secondary N) is 1. The van der Waals surface area contributed by atoms with Crippen LogP contribution in [0.15, 0.2) is 0 Å². The molecule has 1 heterocycles. The number of nitrogens with zero attached hydrogens (tertiary/aromatic N) is 2. The van der Waals surface area contributed by atoms with Crippen molar-refractivity contribution in [1.29, 1.82) is 0 Å². The van der Waals surface area contributed by atoms with Crippen LogP contribution < -0.4 is 11.1 Å². The molecule has 0 amide bonds. The Labute approximate surface area is 94.2 Å². The highest BCUT2D eigenvalue weighted by Crippen LogP contribution is 2.27. The summed E-state index contributed by atoms with van der Waals surface area (Å²) in [6.45, 7) is 2.76. The molecular weight excluding hydrogens is 212 g/mol. The van der Waals surface area contributed by atoms with Crippen LogP contribution in [0.3, 0.4) is 0 Å². The van der Waals surface area contributed by atoms with E-state index in [1.807, 2.05) is 6.92 Å². The lowest BCUT2D eigenvalue weighted by Gasteiger charge is -2.25. The van der Waals surface area contributed by atoms with Crippen LogP contribution in [-0.4, -0.2) is 16.5 Å². The van der Waals surface area contributed by atoms with Crippen molar-refractivity contribution in [2.24, 2.45) is 5.92 Å². The molecule has 1 fully saturated rings. The second-order valence-electron chi connectivity index (χ2n) is 4.02. The summed E-state index contributed by atoms with van der Waals surface area (Å²) in [4.78, 5) is 8.07. The van der Waals surface area contributed by atoms with Crippen LogP contribution in [0, 0.1) is 12.8 Å². The Balaban J connectivity index is 2.05. The molecule has 0 atom stereocenters. The summed E-state index contributed by atoms with van der Waals surface area (Å²) in [5.74, 6) is 1.43. The van der Waals surface area contributed by atoms with Crippen LogP contribution in [0.25, 0.3) is 0 Å². The third-order valence-electron chi connectivity index (χ3n) is 2.89. The fraction of sp³-hybridized carbons (Fsp3) is 0.600. The highest BCUT2D eigenvalue weighted by molar-refractivity contribution is 6.28. The highest BCUT2D eigenvalue weighted by Gasteiger charge is 2.17. The Morgan fingerprint density at radius 1 is 1.47 bits per heavy atom. The van der Waals surface area contributed by atoms with E-state index in [1.165, 1.54) is 19.3 Å². The molecule has 1 aromatic rings. The number of aryl methyl sites for hydroxylation is 1. The Kier molecular flexibility index (Phi) is 2.95. The van der Waals surface area contributed by atoms with Crippen LogP contribution in [0.5, 0.6) is 0 Å². The zero-order valence-electron chi connectivity index (χ0n) is 8.76. The first-order chi connectivity index (χ1) is 7.16. The molecule has 1 aliphatic carbocycles. The lowest BCUT2D eigenvalue weighted by atomic mass is 9.85. The maximum Gasteiger partial charge on any atom is 0.224 e. The monoisotopic (exact) mass is 226 g/mol. The van der Waals surface area contributed by atoms with E-state index in [-0.39, 0.29) is 5.28 Å². The first kappa shape index (κ1) is 10.5. The molecule has 82 valence electrons. The molecule has 5 heteroatoms. The van der Waals surface area contributed by atoms with Gasteiger partial charge in [-0.05, 0) is 37.3 Å². The van der Waals surface area contributed by atoms with Gasteiger partial charge in [-0.25, -0.2) is 4.98 Å². The van der Waals surface area contributed by atoms with Crippen molar-refractivity contribution in [1.82, 2.24) is 9.97 Å². The van der Waals surface area contributed by atoms with Gasteiger partial charge in [-0.15, -0.1) is 0 Å². The summed E-state index contributed by atoms with van der Waals surface area (Å²) in [7, 11) is 0. The number of hydrogen-bond acceptors (Lipinski definition) is 4. The third kappa shape index (κ3) is 2.31. The molecule has 15 heavy (non-hydrogen) atoms. The molecule has 4 nitrogen and oxygen atoms in total. The van der Waals surface area contributed by atoms with E-state index in [1.54, 1.807) is 0 Å². The second-order valence-corrected chi connectivity index (χ2v) is 4.36. The van der Waals surface area contributed by atoms with E-state index in [0.29, 0.717) is 11.5 Å². The largest absolute Gasteiger partial charge is 0.394 e. The number of anilines is 2. The number of aromatic nitrogens is 2. The van der Waals surface area contributed by atoms with Crippen molar-refractivity contribution in [2.45, 2.75) is 26.2 Å². The summed E-state index contributed by atoms with van der Waals surface area (Å²) in [5, 5.41) is 3.48. The van der Waals surface area contributed by atoms with E-state index >= 15 is 0 Å². The summed E-state index contributed by atoms with van der Waals surface area (Å²) in [5.41, 5.74) is 7.17. The molecule has 0 spiro atoms. The number of halogens is 1. The summed E-state index contributed by atoms with van der Waals surface area (Å²) in [6.07, 6.45) is 3.93. The minimum absolute atomic E-state index is 0.248. The summed E-state index contributed by atoms with van der Waals surface area (Å²) >= 11 is 5.77. The molecule has 0 aliphatic heterocycles. The summed E-state index contributed by atoms with van der Waals surface area (Å²) in [6, 6.07) is 0. The van der Waals surface area contributed by atoms with Gasteiger partial charge in [0.05, 0.1) is 11.4 Å². The number of hydrogen-bond donors (Lipinski definition) is 2. The van der Waals surface area contributed by atoms with Crippen molar-refractivity contribution in [2.75, 3.05) is 17.6 Å². The van der Waals surface area contributed by atoms with Gasteiger partial charge in [0.15, 0.2) is 5.82 Å². The molecule has 0 saturated heterocycles. The highest BCUT2D eigenvalue weighted by atomic mass is 35.5. The molecular formula is C10H15ClN4. The average molecular weight is 227 g/mol. The van der Waals surface area contributed by atoms with Gasteiger partial charge in [-0.3, -0.25) is 0 Å². The van der Waals surface area contributed by atoms with Gasteiger partial charge in [0.25, 0.3) is 0 Å². The quantitative estimate of drug-likeness (QED) is 0.776. The van der Waals surface area contributed by atoms with E-state index in [4.69, 9.17) is 17.3 Å². The summed E-state index contributed by atoms with van der Waals surface area (Å²) < 4.78 is 0. The molecule has 2 rings (SSSR count). The zero-order chi connectivity index (χ0) is 10.8. The normalized spacial score (nSPS) is 16.1. The van der Waals surface area contributed by atoms with Gasteiger partial charge in [0, 0.05) is 6.54 Å². The van der Waals surface area contributed by atoms with Gasteiger partial charge in [0.1, 0.15) is 0 Å². The minimum Gasteiger partial charge on any atom is -0.394 e. The third-order valence-corrected chi connectivity index (χ3v) is 3.06. The number of nitrogen functional groups attached to an aromatic ring is 1. The smallest absolute Gasteiger partial charge is 0.224 e. The second kappa shape index (κ2) is 4.23. The van der Waals surface area contributed by atoms with Gasteiger partial charge in [0.2, 0.25) is 5.28 Å². The number of nitrogens with two attached hydrogens (primary N) is 1. The lowest BCUT2D eigenvalue weighted by Crippen LogP contribution is -2.22. The standard InChI is InChI=1S/C10H15ClN4/c1-6-8(12)9(15-10(11)14-6)13-5-7-3-2-4-7/h7H,2-5,12H2,1H3,(H,13,14,15). The average Bonchev–Trinajstić information content (AvgIpc) is 2.10. The van der Waals surface area contributed by atoms with Crippen LogP contribution in [0.4, 0.5) is 11.5 Å². The molecule has 1 saturated carbocycles. The number of rotatable bonds is 3. The van der Waals surface area contributed by atoms with Crippen molar-refractivity contribution in [3.63, 3.8) is 0 Å². The fourth-order valence-electron chi connectivity index (χ4n) is 1.62. The topological polar surface area (TPSA) is 63.8 Å². The van der Waals surface area contributed by atoms with Crippen LogP contribution in [-0.2, 0) is 0 Å². The van der Waals surface area contributed by atoms with E-state index < -0.39 is 0 Å². The first-order valence-electron chi connectivity index (χ1n) is 5.20. The molecule has 0 unspecified atom stereocenters. The van der Waals surface area contributed by atoms with Crippen LogP contribution >= 0.6 is 11.6 Å². The van der Waals surface area contributed by atoms with E-state index in [0.717, 1.165) is 18.2 Å². The Morgan fingerprint density at radius 3 is 2.80 bits per heavy atom. The lowest BCUT2D eigenvalue weighted by molar-refractivity contribution is 0.333. The maximum absolute atomic E-state index is 5.85. The zero-order valence-corrected chi connectivity index (χ0v) is 9.51. The maximum atomic E-state index is 5.85. The van der Waals surface area contributed by atoms with Crippen molar-refractivity contribution in [3.8, 4) is 0 Å². The van der Waals surface area contributed by atoms with E-state index in [9.17, 15) is 0 Å². The Morgan fingerprint density at radius 2 is 2.20 bits per heavy atom. The molecule has 1 aliphatic rings. The molecule has 3 N–H and O–H groups in total. The molecule has 0 bridgehead atoms. The van der Waals surface area contributed by atoms with Gasteiger partial charge < -0.3 is 11.1 Å². The molecule has 0 radical (unpaired) electrons. The van der Waals surface area contributed by atoms with Gasteiger partial charge in [-0.2, -0.15) is 4.98 Å². The predicted molar refractivity (Wildman–Crippen MR) is 62.0 cm³/mol. The predicted octanol–water partition coefficient (Wildman–Crippen LogP) is 2.23. The first-order valence-corrected chi connectivity index (χ1v) is 5.58. The van der Waals surface area contributed by atoms with Crippen molar-refractivity contribution < 1.29 is 0 Å². The molecule has 0 aromatic carbocycles. The van der Waals surface area contributed by atoms with Crippen molar-refractivity contribution >= 4 is 23.1 Å².